The van der Waals surface area contributed by atoms with Gasteiger partial charge in [0.25, 0.3) is 0 Å². The van der Waals surface area contributed by atoms with Crippen molar-refractivity contribution in [2.45, 2.75) is 57.9 Å². The summed E-state index contributed by atoms with van der Waals surface area (Å²) in [6.07, 6.45) is 8.88. The first-order valence-electron chi connectivity index (χ1n) is 14.2. The van der Waals surface area contributed by atoms with Crippen LogP contribution < -0.4 is 9.64 Å². The van der Waals surface area contributed by atoms with E-state index in [4.69, 9.17) is 9.72 Å². The van der Waals surface area contributed by atoms with Crippen molar-refractivity contribution in [1.82, 2.24) is 19.9 Å². The quantitative estimate of drug-likeness (QED) is 0.490. The number of phenolic OH excluding ortho intramolecular Hbond substituents is 1. The van der Waals surface area contributed by atoms with Crippen LogP contribution in [-0.4, -0.2) is 63.3 Å². The molecule has 7 rings (SSSR count). The molecule has 200 valence electrons. The standard InChI is InChI=1S/C30H36FN5O2/c1-18-12-30(8-3-9-36(30)14-18)17-38-29-33-27-24(28(34-29)35-15-20-5-6-21(10-20)16-35)13-32-26(25(27)31)23-11-22(37)7-4-19(23)2/h4,7,11,13,18,20-21,37H,3,5-6,8-10,12,14-17H2,1-2H3/t18-,20?,21?,30+/m1/s1. The molecule has 3 saturated heterocycles. The third-order valence-corrected chi connectivity index (χ3v) is 9.50. The fourth-order valence-corrected chi connectivity index (χ4v) is 7.78. The second-order valence-electron chi connectivity index (χ2n) is 12.3. The topological polar surface area (TPSA) is 74.6 Å². The number of rotatable bonds is 5. The molecule has 3 aliphatic heterocycles. The molecular formula is C30H36FN5O2. The SMILES string of the molecule is Cc1ccc(O)cc1-c1ncc2c(N3CC4CCC(C4)C3)nc(OC[C@@]34CCCN3C[C@H](C)C4)nc2c1F. The lowest BCUT2D eigenvalue weighted by Gasteiger charge is -2.34. The van der Waals surface area contributed by atoms with Gasteiger partial charge in [0.1, 0.15) is 29.4 Å². The molecule has 0 spiro atoms. The average molecular weight is 518 g/mol. The summed E-state index contributed by atoms with van der Waals surface area (Å²) in [6, 6.07) is 5.18. The normalized spacial score (nSPS) is 28.8. The molecule has 0 amide bonds. The molecule has 7 nitrogen and oxygen atoms in total. The molecule has 4 fully saturated rings. The summed E-state index contributed by atoms with van der Waals surface area (Å²) in [7, 11) is 0. The number of hydrogen-bond donors (Lipinski definition) is 1. The third-order valence-electron chi connectivity index (χ3n) is 9.50. The molecule has 1 N–H and O–H groups in total. The van der Waals surface area contributed by atoms with Crippen molar-refractivity contribution in [2.24, 2.45) is 17.8 Å². The number of aromatic hydroxyl groups is 1. The Morgan fingerprint density at radius 2 is 1.97 bits per heavy atom. The van der Waals surface area contributed by atoms with Crippen LogP contribution in [0.25, 0.3) is 22.2 Å². The maximum atomic E-state index is 16.2. The number of halogens is 1. The summed E-state index contributed by atoms with van der Waals surface area (Å²) in [5.74, 6) is 2.26. The lowest BCUT2D eigenvalue weighted by molar-refractivity contribution is 0.107. The highest BCUT2D eigenvalue weighted by Crippen LogP contribution is 2.43. The smallest absolute Gasteiger partial charge is 0.319 e. The maximum absolute atomic E-state index is 16.2. The van der Waals surface area contributed by atoms with Gasteiger partial charge >= 0.3 is 6.01 Å². The minimum Gasteiger partial charge on any atom is -0.508 e. The Morgan fingerprint density at radius 3 is 2.79 bits per heavy atom. The van der Waals surface area contributed by atoms with E-state index in [2.05, 4.69) is 26.7 Å². The van der Waals surface area contributed by atoms with E-state index in [9.17, 15) is 5.11 Å². The van der Waals surface area contributed by atoms with Crippen LogP contribution in [0.2, 0.25) is 0 Å². The van der Waals surface area contributed by atoms with Crippen LogP contribution in [0.4, 0.5) is 10.2 Å². The van der Waals surface area contributed by atoms with Crippen LogP contribution in [0.5, 0.6) is 11.8 Å². The molecule has 8 heteroatoms. The number of hydrogen-bond acceptors (Lipinski definition) is 7. The lowest BCUT2D eigenvalue weighted by Crippen LogP contribution is -2.43. The van der Waals surface area contributed by atoms with Crippen LogP contribution in [0, 0.1) is 30.5 Å². The van der Waals surface area contributed by atoms with Gasteiger partial charge in [-0.25, -0.2) is 4.39 Å². The Bertz CT molecular complexity index is 1390. The van der Waals surface area contributed by atoms with Crippen molar-refractivity contribution < 1.29 is 14.2 Å². The molecule has 5 heterocycles. The summed E-state index contributed by atoms with van der Waals surface area (Å²) in [6.45, 7) is 8.79. The van der Waals surface area contributed by atoms with Crippen molar-refractivity contribution in [3.63, 3.8) is 0 Å². The zero-order valence-corrected chi connectivity index (χ0v) is 22.3. The highest BCUT2D eigenvalue weighted by molar-refractivity contribution is 5.92. The zero-order chi connectivity index (χ0) is 26.0. The third kappa shape index (κ3) is 3.99. The van der Waals surface area contributed by atoms with Gasteiger partial charge in [0, 0.05) is 31.4 Å². The Balaban J connectivity index is 1.31. The first-order chi connectivity index (χ1) is 18.4. The molecule has 2 aromatic heterocycles. The van der Waals surface area contributed by atoms with Crippen molar-refractivity contribution >= 4 is 16.7 Å². The van der Waals surface area contributed by atoms with Gasteiger partial charge in [0.2, 0.25) is 0 Å². The number of pyridine rings is 1. The molecule has 0 radical (unpaired) electrons. The van der Waals surface area contributed by atoms with Crippen molar-refractivity contribution in [1.29, 1.82) is 0 Å². The monoisotopic (exact) mass is 517 g/mol. The molecule has 2 bridgehead atoms. The summed E-state index contributed by atoms with van der Waals surface area (Å²) in [4.78, 5) is 19.0. The van der Waals surface area contributed by atoms with Gasteiger partial charge in [-0.3, -0.25) is 9.88 Å². The van der Waals surface area contributed by atoms with E-state index in [1.165, 1.54) is 25.7 Å². The first-order valence-corrected chi connectivity index (χ1v) is 14.2. The Kier molecular flexibility index (Phi) is 5.73. The van der Waals surface area contributed by atoms with Gasteiger partial charge in [-0.1, -0.05) is 13.0 Å². The van der Waals surface area contributed by atoms with E-state index >= 15 is 4.39 Å². The van der Waals surface area contributed by atoms with E-state index in [1.54, 1.807) is 24.4 Å². The Hall–Kier alpha value is -3.00. The second kappa shape index (κ2) is 9.04. The number of phenols is 1. The average Bonchev–Trinajstić information content (AvgIpc) is 3.55. The van der Waals surface area contributed by atoms with Gasteiger partial charge in [-0.2, -0.15) is 9.97 Å². The minimum atomic E-state index is -0.500. The number of benzene rings is 1. The molecular weight excluding hydrogens is 481 g/mol. The van der Waals surface area contributed by atoms with Crippen LogP contribution in [0.15, 0.2) is 24.4 Å². The number of anilines is 1. The summed E-state index contributed by atoms with van der Waals surface area (Å²) < 4.78 is 22.6. The number of aryl methyl sites for hydroxylation is 1. The predicted octanol–water partition coefficient (Wildman–Crippen LogP) is 5.33. The summed E-state index contributed by atoms with van der Waals surface area (Å²) in [5.41, 5.74) is 1.84. The van der Waals surface area contributed by atoms with E-state index in [1.807, 2.05) is 6.92 Å². The highest BCUT2D eigenvalue weighted by Gasteiger charge is 2.48. The van der Waals surface area contributed by atoms with Crippen molar-refractivity contribution in [3.05, 3.63) is 35.8 Å². The van der Waals surface area contributed by atoms with Gasteiger partial charge in [-0.15, -0.1) is 0 Å². The van der Waals surface area contributed by atoms with E-state index in [0.29, 0.717) is 35.3 Å². The van der Waals surface area contributed by atoms with Crippen molar-refractivity contribution in [2.75, 3.05) is 37.7 Å². The summed E-state index contributed by atoms with van der Waals surface area (Å²) in [5, 5.41) is 10.7. The molecule has 1 aromatic carbocycles. The lowest BCUT2D eigenvalue weighted by atomic mass is 9.92. The van der Waals surface area contributed by atoms with Crippen LogP contribution in [0.1, 0.15) is 51.0 Å². The van der Waals surface area contributed by atoms with E-state index in [-0.39, 0.29) is 28.5 Å². The molecule has 38 heavy (non-hydrogen) atoms. The Labute approximate surface area is 223 Å². The van der Waals surface area contributed by atoms with Crippen molar-refractivity contribution in [3.8, 4) is 23.0 Å². The van der Waals surface area contributed by atoms with Gasteiger partial charge < -0.3 is 14.7 Å². The highest BCUT2D eigenvalue weighted by atomic mass is 19.1. The van der Waals surface area contributed by atoms with E-state index < -0.39 is 5.82 Å². The van der Waals surface area contributed by atoms with Gasteiger partial charge in [0.05, 0.1) is 10.9 Å². The van der Waals surface area contributed by atoms with E-state index in [0.717, 1.165) is 50.4 Å². The maximum Gasteiger partial charge on any atom is 0.319 e. The zero-order valence-electron chi connectivity index (χ0n) is 22.3. The number of nitrogens with zero attached hydrogens (tertiary/aromatic N) is 5. The molecule has 1 aliphatic carbocycles. The minimum absolute atomic E-state index is 0.0305. The molecule has 4 atom stereocenters. The molecule has 3 aromatic rings. The van der Waals surface area contributed by atoms with Gasteiger partial charge in [-0.05, 0) is 87.4 Å². The van der Waals surface area contributed by atoms with Crippen LogP contribution >= 0.6 is 0 Å². The van der Waals surface area contributed by atoms with Crippen LogP contribution in [-0.2, 0) is 0 Å². The number of aromatic nitrogens is 3. The number of piperidine rings is 1. The summed E-state index contributed by atoms with van der Waals surface area (Å²) >= 11 is 0. The number of ether oxygens (including phenoxy) is 1. The Morgan fingerprint density at radius 1 is 1.16 bits per heavy atom. The van der Waals surface area contributed by atoms with Gasteiger partial charge in [0.15, 0.2) is 5.82 Å². The largest absolute Gasteiger partial charge is 0.508 e. The second-order valence-corrected chi connectivity index (χ2v) is 12.3. The predicted molar refractivity (Wildman–Crippen MR) is 145 cm³/mol. The molecule has 2 unspecified atom stereocenters. The molecule has 4 aliphatic rings. The number of fused-ring (bicyclic) bond motifs is 4. The first kappa shape index (κ1) is 24.1. The fourth-order valence-electron chi connectivity index (χ4n) is 7.78. The van der Waals surface area contributed by atoms with Crippen LogP contribution in [0.3, 0.4) is 0 Å². The fraction of sp³-hybridized carbons (Fsp3) is 0.567. The molecule has 1 saturated carbocycles.